The monoisotopic (exact) mass is 359 g/mol. The van der Waals surface area contributed by atoms with Gasteiger partial charge in [0.15, 0.2) is 0 Å². The van der Waals surface area contributed by atoms with Crippen LogP contribution in [-0.4, -0.2) is 25.1 Å². The Hall–Kier alpha value is -0.860. The van der Waals surface area contributed by atoms with Crippen molar-refractivity contribution in [2.75, 3.05) is 20.2 Å². The minimum Gasteiger partial charge on any atom is -0.496 e. The summed E-state index contributed by atoms with van der Waals surface area (Å²) in [6.07, 6.45) is 11.9. The van der Waals surface area contributed by atoms with E-state index in [0.717, 1.165) is 29.4 Å². The molecule has 0 unspecified atom stereocenters. The van der Waals surface area contributed by atoms with E-state index < -0.39 is 0 Å². The smallest absolute Gasteiger partial charge is 0.126 e. The summed E-state index contributed by atoms with van der Waals surface area (Å²) in [6, 6.07) is 5.73. The highest BCUT2D eigenvalue weighted by molar-refractivity contribution is 6.30. The van der Waals surface area contributed by atoms with Crippen molar-refractivity contribution in [3.8, 4) is 5.75 Å². The zero-order valence-corrected chi connectivity index (χ0v) is 16.3. The van der Waals surface area contributed by atoms with Crippen molar-refractivity contribution >= 4 is 30.1 Å². The third-order valence-corrected chi connectivity index (χ3v) is 3.99. The van der Waals surface area contributed by atoms with Crippen LogP contribution in [0.25, 0.3) is 6.08 Å². The zero-order valence-electron chi connectivity index (χ0n) is 14.7. The molecule has 4 heteroatoms. The molecule has 0 spiro atoms. The summed E-state index contributed by atoms with van der Waals surface area (Å²) in [4.78, 5) is 2.42. The SMILES string of the molecule is CCCCCN(/C=C\c1cc(Cl)ccc1OC)CCCCC.Cl. The van der Waals surface area contributed by atoms with E-state index in [0.29, 0.717) is 0 Å². The fourth-order valence-corrected chi connectivity index (χ4v) is 2.59. The highest BCUT2D eigenvalue weighted by Crippen LogP contribution is 2.24. The molecule has 0 bridgehead atoms. The lowest BCUT2D eigenvalue weighted by Gasteiger charge is -2.20. The first-order chi connectivity index (χ1) is 10.7. The topological polar surface area (TPSA) is 12.5 Å². The molecule has 0 aliphatic heterocycles. The molecule has 0 amide bonds. The molecule has 0 aliphatic carbocycles. The van der Waals surface area contributed by atoms with Gasteiger partial charge in [0.2, 0.25) is 0 Å². The molecule has 0 saturated heterocycles. The van der Waals surface area contributed by atoms with Crippen molar-refractivity contribution in [1.82, 2.24) is 4.90 Å². The maximum absolute atomic E-state index is 6.09. The number of methoxy groups -OCH3 is 1. The molecule has 1 rings (SSSR count). The zero-order chi connectivity index (χ0) is 16.2. The largest absolute Gasteiger partial charge is 0.496 e. The predicted octanol–water partition coefficient (Wildman–Crippen LogP) is 6.42. The van der Waals surface area contributed by atoms with Gasteiger partial charge < -0.3 is 9.64 Å². The van der Waals surface area contributed by atoms with Gasteiger partial charge in [0.25, 0.3) is 0 Å². The van der Waals surface area contributed by atoms with Crippen molar-refractivity contribution in [3.63, 3.8) is 0 Å². The minimum atomic E-state index is 0. The van der Waals surface area contributed by atoms with Gasteiger partial charge in [0.05, 0.1) is 7.11 Å². The Balaban J connectivity index is 0.00000484. The molecule has 0 N–H and O–H groups in total. The Kier molecular flexibility index (Phi) is 13.1. The Bertz CT molecular complexity index is 439. The Morgan fingerprint density at radius 1 is 1.04 bits per heavy atom. The van der Waals surface area contributed by atoms with E-state index in [1.165, 1.54) is 38.5 Å². The van der Waals surface area contributed by atoms with Crippen molar-refractivity contribution in [2.24, 2.45) is 0 Å². The van der Waals surface area contributed by atoms with E-state index >= 15 is 0 Å². The average Bonchev–Trinajstić information content (AvgIpc) is 2.52. The second-order valence-corrected chi connectivity index (χ2v) is 6.09. The molecule has 1 aromatic carbocycles. The van der Waals surface area contributed by atoms with Crippen molar-refractivity contribution in [2.45, 2.75) is 52.4 Å². The number of halogens is 2. The van der Waals surface area contributed by atoms with Gasteiger partial charge in [-0.3, -0.25) is 0 Å². The summed E-state index contributed by atoms with van der Waals surface area (Å²) < 4.78 is 5.40. The van der Waals surface area contributed by atoms with Crippen molar-refractivity contribution < 1.29 is 4.74 Å². The van der Waals surface area contributed by atoms with Crippen LogP contribution in [0.4, 0.5) is 0 Å². The third kappa shape index (κ3) is 9.12. The summed E-state index contributed by atoms with van der Waals surface area (Å²) in [7, 11) is 1.70. The van der Waals surface area contributed by atoms with Gasteiger partial charge >= 0.3 is 0 Å². The second-order valence-electron chi connectivity index (χ2n) is 5.65. The standard InChI is InChI=1S/C19H30ClNO.ClH/c1-4-6-8-13-21(14-9-7-5-2)15-12-17-16-18(20)10-11-19(17)22-3;/h10-12,15-16H,4-9,13-14H2,1-3H3;1H/b15-12-;. The number of hydrogen-bond donors (Lipinski definition) is 0. The van der Waals surface area contributed by atoms with Gasteiger partial charge in [-0.15, -0.1) is 12.4 Å². The van der Waals surface area contributed by atoms with Crippen LogP contribution < -0.4 is 4.74 Å². The lowest BCUT2D eigenvalue weighted by molar-refractivity contribution is 0.355. The summed E-state index contributed by atoms with van der Waals surface area (Å²) in [6.45, 7) is 6.73. The van der Waals surface area contributed by atoms with E-state index in [9.17, 15) is 0 Å². The third-order valence-electron chi connectivity index (χ3n) is 3.75. The molecule has 2 nitrogen and oxygen atoms in total. The highest BCUT2D eigenvalue weighted by atomic mass is 35.5. The van der Waals surface area contributed by atoms with Crippen LogP contribution in [0.3, 0.4) is 0 Å². The van der Waals surface area contributed by atoms with Crippen LogP contribution in [0.15, 0.2) is 24.4 Å². The first kappa shape index (κ1) is 22.1. The molecule has 0 aromatic heterocycles. The number of hydrogen-bond acceptors (Lipinski definition) is 2. The van der Waals surface area contributed by atoms with E-state index in [4.69, 9.17) is 16.3 Å². The first-order valence-electron chi connectivity index (χ1n) is 8.47. The van der Waals surface area contributed by atoms with Gasteiger partial charge in [0, 0.05) is 23.7 Å². The summed E-state index contributed by atoms with van der Waals surface area (Å²) in [5.74, 6) is 0.864. The summed E-state index contributed by atoms with van der Waals surface area (Å²) in [5, 5.41) is 0.740. The molecule has 0 radical (unpaired) electrons. The van der Waals surface area contributed by atoms with Gasteiger partial charge in [-0.05, 0) is 43.3 Å². The molecule has 0 aliphatic rings. The predicted molar refractivity (Wildman–Crippen MR) is 105 cm³/mol. The van der Waals surface area contributed by atoms with E-state index in [1.54, 1.807) is 7.11 Å². The molecule has 23 heavy (non-hydrogen) atoms. The highest BCUT2D eigenvalue weighted by Gasteiger charge is 2.03. The maximum atomic E-state index is 6.09. The number of rotatable bonds is 11. The normalized spacial score (nSPS) is 10.6. The number of nitrogens with zero attached hydrogens (tertiary/aromatic N) is 1. The number of ether oxygens (including phenoxy) is 1. The van der Waals surface area contributed by atoms with Crippen LogP contribution in [-0.2, 0) is 0 Å². The molecule has 132 valence electrons. The second kappa shape index (κ2) is 13.6. The first-order valence-corrected chi connectivity index (χ1v) is 8.84. The van der Waals surface area contributed by atoms with Crippen LogP contribution in [0.5, 0.6) is 5.75 Å². The van der Waals surface area contributed by atoms with Gasteiger partial charge in [-0.1, -0.05) is 51.1 Å². The Morgan fingerprint density at radius 3 is 2.17 bits per heavy atom. The minimum absolute atomic E-state index is 0. The van der Waals surface area contributed by atoms with Crippen LogP contribution in [0.1, 0.15) is 57.9 Å². The quantitative estimate of drug-likeness (QED) is 0.422. The number of benzene rings is 1. The molecule has 1 aromatic rings. The molecular weight excluding hydrogens is 329 g/mol. The van der Waals surface area contributed by atoms with E-state index in [-0.39, 0.29) is 12.4 Å². The van der Waals surface area contributed by atoms with Crippen LogP contribution in [0, 0.1) is 0 Å². The Labute approximate surface area is 153 Å². The lowest BCUT2D eigenvalue weighted by Crippen LogP contribution is -2.19. The van der Waals surface area contributed by atoms with Crippen molar-refractivity contribution in [3.05, 3.63) is 35.0 Å². The lowest BCUT2D eigenvalue weighted by atomic mass is 10.2. The Morgan fingerprint density at radius 2 is 1.65 bits per heavy atom. The van der Waals surface area contributed by atoms with Gasteiger partial charge in [-0.2, -0.15) is 0 Å². The molecule has 0 saturated carbocycles. The summed E-state index contributed by atoms with van der Waals surface area (Å²) in [5.41, 5.74) is 1.03. The number of unbranched alkanes of at least 4 members (excludes halogenated alkanes) is 4. The van der Waals surface area contributed by atoms with Gasteiger partial charge in [0.1, 0.15) is 5.75 Å². The van der Waals surface area contributed by atoms with E-state index in [1.807, 2.05) is 18.2 Å². The summed E-state index contributed by atoms with van der Waals surface area (Å²) >= 11 is 6.09. The molecule has 0 heterocycles. The fourth-order valence-electron chi connectivity index (χ4n) is 2.41. The van der Waals surface area contributed by atoms with Crippen molar-refractivity contribution in [1.29, 1.82) is 0 Å². The van der Waals surface area contributed by atoms with E-state index in [2.05, 4.69) is 31.0 Å². The molecule has 0 atom stereocenters. The average molecular weight is 360 g/mol. The van der Waals surface area contributed by atoms with Crippen LogP contribution >= 0.6 is 24.0 Å². The maximum Gasteiger partial charge on any atom is 0.126 e. The molecule has 0 fully saturated rings. The molecular formula is C19H31Cl2NO. The fraction of sp³-hybridized carbons (Fsp3) is 0.579. The van der Waals surface area contributed by atoms with Gasteiger partial charge in [-0.25, -0.2) is 0 Å². The van der Waals surface area contributed by atoms with Crippen LogP contribution in [0.2, 0.25) is 5.02 Å².